The first-order valence-corrected chi connectivity index (χ1v) is 9.76. The average Bonchev–Trinajstić information content (AvgIpc) is 2.78. The van der Waals surface area contributed by atoms with E-state index < -0.39 is 0 Å². The van der Waals surface area contributed by atoms with E-state index in [2.05, 4.69) is 115 Å². The fourth-order valence-electron chi connectivity index (χ4n) is 4.11. The summed E-state index contributed by atoms with van der Waals surface area (Å²) in [6.07, 6.45) is 0.906. The van der Waals surface area contributed by atoms with Crippen LogP contribution in [-0.2, 0) is 6.42 Å². The molecule has 0 aliphatic heterocycles. The van der Waals surface area contributed by atoms with Crippen molar-refractivity contribution < 1.29 is 0 Å². The molecule has 0 aliphatic rings. The Morgan fingerprint density at radius 1 is 0.429 bits per heavy atom. The molecule has 0 aromatic heterocycles. The lowest BCUT2D eigenvalue weighted by atomic mass is 9.81. The Balaban J connectivity index is 1.75. The van der Waals surface area contributed by atoms with E-state index in [-0.39, 0.29) is 0 Å². The first kappa shape index (κ1) is 16.8. The standard InChI is InChI=1S/C28H21/c1-2-10-21(11-3-1)20-28(26-18-8-14-22-12-4-6-16-24(22)26)27-19-9-15-23-13-5-7-17-25(23)27/h1-19H,20H2. The Bertz CT molecular complexity index is 1140. The molecule has 0 spiro atoms. The van der Waals surface area contributed by atoms with Gasteiger partial charge in [0.2, 0.25) is 0 Å². The van der Waals surface area contributed by atoms with E-state index in [4.69, 9.17) is 0 Å². The van der Waals surface area contributed by atoms with Gasteiger partial charge in [-0.05, 0) is 44.7 Å². The molecule has 0 aliphatic carbocycles. The molecule has 5 rings (SSSR count). The summed E-state index contributed by atoms with van der Waals surface area (Å²) in [7, 11) is 0. The Labute approximate surface area is 166 Å². The van der Waals surface area contributed by atoms with Crippen LogP contribution in [0.15, 0.2) is 115 Å². The molecule has 0 amide bonds. The van der Waals surface area contributed by atoms with Crippen LogP contribution in [0.2, 0.25) is 0 Å². The Morgan fingerprint density at radius 2 is 0.893 bits per heavy atom. The number of hydrogen-bond acceptors (Lipinski definition) is 0. The number of rotatable bonds is 4. The van der Waals surface area contributed by atoms with Crippen molar-refractivity contribution in [2.75, 3.05) is 0 Å². The summed E-state index contributed by atoms with van der Waals surface area (Å²) in [6, 6.07) is 41.4. The summed E-state index contributed by atoms with van der Waals surface area (Å²) >= 11 is 0. The maximum absolute atomic E-state index is 2.27. The van der Waals surface area contributed by atoms with Gasteiger partial charge >= 0.3 is 0 Å². The molecule has 0 saturated heterocycles. The van der Waals surface area contributed by atoms with Crippen LogP contribution in [0.25, 0.3) is 21.5 Å². The molecular formula is C28H21. The minimum Gasteiger partial charge on any atom is -0.0622 e. The zero-order chi connectivity index (χ0) is 18.8. The molecule has 133 valence electrons. The highest BCUT2D eigenvalue weighted by Crippen LogP contribution is 2.36. The van der Waals surface area contributed by atoms with E-state index >= 15 is 0 Å². The predicted octanol–water partition coefficient (Wildman–Crippen LogP) is 7.21. The van der Waals surface area contributed by atoms with Gasteiger partial charge in [-0.1, -0.05) is 115 Å². The van der Waals surface area contributed by atoms with E-state index in [1.165, 1.54) is 44.2 Å². The second-order valence-corrected chi connectivity index (χ2v) is 7.19. The highest BCUT2D eigenvalue weighted by atomic mass is 14.2. The van der Waals surface area contributed by atoms with Gasteiger partial charge in [-0.25, -0.2) is 0 Å². The maximum Gasteiger partial charge on any atom is 0.0396 e. The van der Waals surface area contributed by atoms with Gasteiger partial charge in [0.25, 0.3) is 0 Å². The second-order valence-electron chi connectivity index (χ2n) is 7.19. The molecule has 28 heavy (non-hydrogen) atoms. The lowest BCUT2D eigenvalue weighted by Crippen LogP contribution is -2.08. The van der Waals surface area contributed by atoms with Crippen molar-refractivity contribution in [1.82, 2.24) is 0 Å². The summed E-state index contributed by atoms with van der Waals surface area (Å²) in [4.78, 5) is 0. The minimum atomic E-state index is 0.906. The smallest absolute Gasteiger partial charge is 0.0396 e. The van der Waals surface area contributed by atoms with Gasteiger partial charge in [-0.2, -0.15) is 0 Å². The highest BCUT2D eigenvalue weighted by Gasteiger charge is 2.20. The van der Waals surface area contributed by atoms with Crippen molar-refractivity contribution in [3.05, 3.63) is 138 Å². The highest BCUT2D eigenvalue weighted by molar-refractivity contribution is 5.93. The van der Waals surface area contributed by atoms with Crippen molar-refractivity contribution >= 4 is 21.5 Å². The molecule has 5 aromatic rings. The molecule has 0 unspecified atom stereocenters. The molecule has 1 radical (unpaired) electrons. The van der Waals surface area contributed by atoms with Crippen LogP contribution in [0, 0.1) is 5.92 Å². The van der Waals surface area contributed by atoms with E-state index in [1.54, 1.807) is 0 Å². The van der Waals surface area contributed by atoms with Crippen LogP contribution >= 0.6 is 0 Å². The minimum absolute atomic E-state index is 0.906. The molecule has 0 atom stereocenters. The molecule has 0 saturated carbocycles. The SMILES string of the molecule is c1ccc(C[C](c2cccc3ccccc23)c2cccc3ccccc23)cc1. The first-order valence-electron chi connectivity index (χ1n) is 9.76. The van der Waals surface area contributed by atoms with E-state index in [0.29, 0.717) is 0 Å². The summed E-state index contributed by atoms with van der Waals surface area (Å²) < 4.78 is 0. The summed E-state index contributed by atoms with van der Waals surface area (Å²) in [5.41, 5.74) is 3.97. The van der Waals surface area contributed by atoms with Gasteiger partial charge < -0.3 is 0 Å². The van der Waals surface area contributed by atoms with Crippen LogP contribution in [0.1, 0.15) is 16.7 Å². The van der Waals surface area contributed by atoms with Crippen molar-refractivity contribution in [3.8, 4) is 0 Å². The lowest BCUT2D eigenvalue weighted by Gasteiger charge is -2.21. The average molecular weight is 357 g/mol. The van der Waals surface area contributed by atoms with E-state index in [1.807, 2.05) is 0 Å². The van der Waals surface area contributed by atoms with Gasteiger partial charge in [0.1, 0.15) is 0 Å². The quantitative estimate of drug-likeness (QED) is 0.319. The normalized spacial score (nSPS) is 11.3. The molecule has 5 aromatic carbocycles. The second kappa shape index (κ2) is 7.32. The maximum atomic E-state index is 2.27. The molecule has 0 heteroatoms. The van der Waals surface area contributed by atoms with Crippen molar-refractivity contribution in [3.63, 3.8) is 0 Å². The zero-order valence-electron chi connectivity index (χ0n) is 15.7. The Kier molecular flexibility index (Phi) is 4.39. The van der Waals surface area contributed by atoms with E-state index in [0.717, 1.165) is 6.42 Å². The van der Waals surface area contributed by atoms with E-state index in [9.17, 15) is 0 Å². The third-order valence-corrected chi connectivity index (χ3v) is 5.45. The third kappa shape index (κ3) is 3.08. The van der Waals surface area contributed by atoms with Gasteiger partial charge in [-0.3, -0.25) is 0 Å². The largest absolute Gasteiger partial charge is 0.0622 e. The number of fused-ring (bicyclic) bond motifs is 2. The topological polar surface area (TPSA) is 0 Å². The van der Waals surface area contributed by atoms with Gasteiger partial charge in [0.05, 0.1) is 0 Å². The number of hydrogen-bond donors (Lipinski definition) is 0. The molecular weight excluding hydrogens is 336 g/mol. The van der Waals surface area contributed by atoms with Crippen LogP contribution in [0.3, 0.4) is 0 Å². The molecule has 0 nitrogen and oxygen atoms in total. The zero-order valence-corrected chi connectivity index (χ0v) is 15.7. The van der Waals surface area contributed by atoms with Crippen molar-refractivity contribution in [2.24, 2.45) is 0 Å². The van der Waals surface area contributed by atoms with Gasteiger partial charge in [-0.15, -0.1) is 0 Å². The number of benzene rings is 5. The van der Waals surface area contributed by atoms with Gasteiger partial charge in [0.15, 0.2) is 0 Å². The Morgan fingerprint density at radius 3 is 1.46 bits per heavy atom. The fraction of sp³-hybridized carbons (Fsp3) is 0.0357. The molecule has 0 bridgehead atoms. The summed E-state index contributed by atoms with van der Waals surface area (Å²) in [5, 5.41) is 5.18. The summed E-state index contributed by atoms with van der Waals surface area (Å²) in [6.45, 7) is 0. The lowest BCUT2D eigenvalue weighted by molar-refractivity contribution is 1.04. The van der Waals surface area contributed by atoms with Gasteiger partial charge in [0, 0.05) is 5.92 Å². The molecule has 0 heterocycles. The molecule has 0 N–H and O–H groups in total. The van der Waals surface area contributed by atoms with Crippen molar-refractivity contribution in [2.45, 2.75) is 6.42 Å². The third-order valence-electron chi connectivity index (χ3n) is 5.45. The van der Waals surface area contributed by atoms with Crippen LogP contribution in [0.5, 0.6) is 0 Å². The predicted molar refractivity (Wildman–Crippen MR) is 119 cm³/mol. The summed E-state index contributed by atoms with van der Waals surface area (Å²) in [5.74, 6) is 1.37. The monoisotopic (exact) mass is 357 g/mol. The fourth-order valence-corrected chi connectivity index (χ4v) is 4.11. The Hall–Kier alpha value is -3.38. The van der Waals surface area contributed by atoms with Crippen molar-refractivity contribution in [1.29, 1.82) is 0 Å². The van der Waals surface area contributed by atoms with Crippen LogP contribution in [0.4, 0.5) is 0 Å². The first-order chi connectivity index (χ1) is 13.9. The van der Waals surface area contributed by atoms with Crippen LogP contribution < -0.4 is 0 Å². The van der Waals surface area contributed by atoms with Crippen LogP contribution in [-0.4, -0.2) is 0 Å². The molecule has 0 fully saturated rings.